The first-order chi connectivity index (χ1) is 14.3. The summed E-state index contributed by atoms with van der Waals surface area (Å²) in [5, 5.41) is 4.00. The highest BCUT2D eigenvalue weighted by atomic mass is 35.5. The molecule has 1 N–H and O–H groups in total. The molecule has 1 heterocycles. The van der Waals surface area contributed by atoms with Crippen LogP contribution in [0.4, 0.5) is 4.39 Å². The fraction of sp³-hybridized carbons (Fsp3) is 0.200. The SMILES string of the molecule is CCOc1ccc(-c2ccc(=O)n(CCNS(=O)(=O)c3ccc(F)c(Cl)c3)n2)cc1. The van der Waals surface area contributed by atoms with E-state index in [1.165, 1.54) is 10.7 Å². The first-order valence-electron chi connectivity index (χ1n) is 9.06. The van der Waals surface area contributed by atoms with Crippen molar-refractivity contribution in [1.29, 1.82) is 0 Å². The van der Waals surface area contributed by atoms with Crippen molar-refractivity contribution in [2.45, 2.75) is 18.4 Å². The van der Waals surface area contributed by atoms with Crippen LogP contribution in [0.3, 0.4) is 0 Å². The summed E-state index contributed by atoms with van der Waals surface area (Å²) < 4.78 is 46.8. The lowest BCUT2D eigenvalue weighted by Crippen LogP contribution is -2.32. The van der Waals surface area contributed by atoms with Crippen LogP contribution in [-0.2, 0) is 16.6 Å². The van der Waals surface area contributed by atoms with Crippen molar-refractivity contribution in [3.63, 3.8) is 0 Å². The molecule has 30 heavy (non-hydrogen) atoms. The number of rotatable bonds is 8. The van der Waals surface area contributed by atoms with E-state index in [0.717, 1.165) is 29.5 Å². The minimum Gasteiger partial charge on any atom is -0.494 e. The van der Waals surface area contributed by atoms with Crippen LogP contribution in [0.25, 0.3) is 11.3 Å². The van der Waals surface area contributed by atoms with Crippen LogP contribution < -0.4 is 15.0 Å². The smallest absolute Gasteiger partial charge is 0.266 e. The van der Waals surface area contributed by atoms with Crippen LogP contribution in [0.15, 0.2) is 64.3 Å². The highest BCUT2D eigenvalue weighted by Gasteiger charge is 2.15. The van der Waals surface area contributed by atoms with Gasteiger partial charge < -0.3 is 4.74 Å². The number of hydrogen-bond acceptors (Lipinski definition) is 5. The maximum Gasteiger partial charge on any atom is 0.266 e. The molecule has 0 fully saturated rings. The van der Waals surface area contributed by atoms with Gasteiger partial charge in [-0.3, -0.25) is 4.79 Å². The molecule has 3 rings (SSSR count). The second kappa shape index (κ2) is 9.38. The van der Waals surface area contributed by atoms with Gasteiger partial charge in [0.25, 0.3) is 5.56 Å². The number of hydrogen-bond donors (Lipinski definition) is 1. The Morgan fingerprint density at radius 1 is 1.13 bits per heavy atom. The van der Waals surface area contributed by atoms with Crippen LogP contribution in [0.1, 0.15) is 6.92 Å². The molecule has 0 radical (unpaired) electrons. The Labute approximate surface area is 178 Å². The van der Waals surface area contributed by atoms with Gasteiger partial charge in [-0.1, -0.05) is 11.6 Å². The average molecular weight is 452 g/mol. The van der Waals surface area contributed by atoms with Gasteiger partial charge in [0.05, 0.1) is 28.8 Å². The molecule has 2 aromatic carbocycles. The summed E-state index contributed by atoms with van der Waals surface area (Å²) in [6.45, 7) is 2.38. The third-order valence-corrected chi connectivity index (χ3v) is 5.89. The molecule has 0 spiro atoms. The predicted octanol–water partition coefficient (Wildman–Crippen LogP) is 3.08. The summed E-state index contributed by atoms with van der Waals surface area (Å²) in [5.41, 5.74) is 0.980. The molecule has 0 amide bonds. The van der Waals surface area contributed by atoms with Gasteiger partial charge in [-0.25, -0.2) is 22.2 Å². The number of aromatic nitrogens is 2. The van der Waals surface area contributed by atoms with Crippen molar-refractivity contribution in [1.82, 2.24) is 14.5 Å². The molecule has 158 valence electrons. The maximum absolute atomic E-state index is 13.2. The summed E-state index contributed by atoms with van der Waals surface area (Å²) >= 11 is 5.64. The third kappa shape index (κ3) is 5.24. The van der Waals surface area contributed by atoms with E-state index >= 15 is 0 Å². The van der Waals surface area contributed by atoms with Gasteiger partial charge in [0.15, 0.2) is 0 Å². The van der Waals surface area contributed by atoms with Gasteiger partial charge in [-0.15, -0.1) is 0 Å². The van der Waals surface area contributed by atoms with Crippen LogP contribution in [0.5, 0.6) is 5.75 Å². The number of sulfonamides is 1. The number of nitrogens with zero attached hydrogens (tertiary/aromatic N) is 2. The van der Waals surface area contributed by atoms with E-state index in [4.69, 9.17) is 16.3 Å². The van der Waals surface area contributed by atoms with E-state index in [2.05, 4.69) is 9.82 Å². The molecule has 0 aliphatic heterocycles. The zero-order valence-corrected chi connectivity index (χ0v) is 17.6. The summed E-state index contributed by atoms with van der Waals surface area (Å²) in [6.07, 6.45) is 0. The van der Waals surface area contributed by atoms with Crippen LogP contribution >= 0.6 is 11.6 Å². The topological polar surface area (TPSA) is 90.3 Å². The van der Waals surface area contributed by atoms with Gasteiger partial charge in [-0.05, 0) is 55.5 Å². The van der Waals surface area contributed by atoms with Crippen LogP contribution in [0.2, 0.25) is 5.02 Å². The molecule has 0 aliphatic rings. The fourth-order valence-electron chi connectivity index (χ4n) is 2.66. The number of ether oxygens (including phenoxy) is 1. The Bertz CT molecular complexity index is 1200. The molecule has 0 unspecified atom stereocenters. The maximum atomic E-state index is 13.2. The van der Waals surface area contributed by atoms with E-state index in [9.17, 15) is 17.6 Å². The van der Waals surface area contributed by atoms with E-state index < -0.39 is 15.8 Å². The fourth-order valence-corrected chi connectivity index (χ4v) is 3.96. The second-order valence-corrected chi connectivity index (χ2v) is 8.39. The lowest BCUT2D eigenvalue weighted by molar-refractivity contribution is 0.340. The highest BCUT2D eigenvalue weighted by Crippen LogP contribution is 2.20. The van der Waals surface area contributed by atoms with Crippen molar-refractivity contribution < 1.29 is 17.5 Å². The molecular weight excluding hydrogens is 433 g/mol. The standard InChI is InChI=1S/C20H19ClFN3O4S/c1-2-29-15-5-3-14(4-6-15)19-9-10-20(26)25(24-19)12-11-23-30(27,28)16-7-8-18(22)17(21)13-16/h3-10,13,23H,2,11-12H2,1H3. The van der Waals surface area contributed by atoms with Crippen molar-refractivity contribution in [2.24, 2.45) is 0 Å². The molecule has 7 nitrogen and oxygen atoms in total. The summed E-state index contributed by atoms with van der Waals surface area (Å²) in [7, 11) is -3.91. The lowest BCUT2D eigenvalue weighted by atomic mass is 10.1. The summed E-state index contributed by atoms with van der Waals surface area (Å²) in [6, 6.07) is 13.3. The van der Waals surface area contributed by atoms with Crippen LogP contribution in [0, 0.1) is 5.82 Å². The Morgan fingerprint density at radius 2 is 1.87 bits per heavy atom. The summed E-state index contributed by atoms with van der Waals surface area (Å²) in [5.74, 6) is 0.0161. The minimum atomic E-state index is -3.91. The number of benzene rings is 2. The zero-order valence-electron chi connectivity index (χ0n) is 16.0. The first-order valence-corrected chi connectivity index (χ1v) is 10.9. The van der Waals surface area contributed by atoms with Gasteiger partial charge in [0, 0.05) is 18.2 Å². The Morgan fingerprint density at radius 3 is 2.53 bits per heavy atom. The van der Waals surface area contributed by atoms with Crippen molar-refractivity contribution >= 4 is 21.6 Å². The van der Waals surface area contributed by atoms with E-state index in [-0.39, 0.29) is 28.6 Å². The second-order valence-electron chi connectivity index (χ2n) is 6.21. The Kier molecular flexibility index (Phi) is 6.86. The number of halogens is 2. The summed E-state index contributed by atoms with van der Waals surface area (Å²) in [4.78, 5) is 11.9. The molecule has 0 saturated heterocycles. The van der Waals surface area contributed by atoms with Gasteiger partial charge >= 0.3 is 0 Å². The Balaban J connectivity index is 1.71. The van der Waals surface area contributed by atoms with Crippen molar-refractivity contribution in [3.05, 3.63) is 75.8 Å². The molecular formula is C20H19ClFN3O4S. The molecule has 0 aliphatic carbocycles. The van der Waals surface area contributed by atoms with Crippen LogP contribution in [-0.4, -0.2) is 31.3 Å². The molecule has 0 bridgehead atoms. The van der Waals surface area contributed by atoms with Gasteiger partial charge in [-0.2, -0.15) is 5.10 Å². The van der Waals surface area contributed by atoms with Gasteiger partial charge in [0.2, 0.25) is 10.0 Å². The molecule has 3 aromatic rings. The van der Waals surface area contributed by atoms with E-state index in [1.54, 1.807) is 18.2 Å². The highest BCUT2D eigenvalue weighted by molar-refractivity contribution is 7.89. The first kappa shape index (κ1) is 21.9. The van der Waals surface area contributed by atoms with Crippen molar-refractivity contribution in [3.8, 4) is 17.0 Å². The predicted molar refractivity (Wildman–Crippen MR) is 112 cm³/mol. The quantitative estimate of drug-likeness (QED) is 0.568. The normalized spacial score (nSPS) is 11.4. The molecule has 10 heteroatoms. The molecule has 0 saturated carbocycles. The largest absolute Gasteiger partial charge is 0.494 e. The average Bonchev–Trinajstić information content (AvgIpc) is 2.72. The lowest BCUT2D eigenvalue weighted by Gasteiger charge is -2.10. The van der Waals surface area contributed by atoms with E-state index in [1.807, 2.05) is 19.1 Å². The minimum absolute atomic E-state index is 0.0118. The Hall–Kier alpha value is -2.75. The van der Waals surface area contributed by atoms with E-state index in [0.29, 0.717) is 12.3 Å². The number of nitrogens with one attached hydrogen (secondary N) is 1. The monoisotopic (exact) mass is 451 g/mol. The molecule has 1 aromatic heterocycles. The van der Waals surface area contributed by atoms with Gasteiger partial charge in [0.1, 0.15) is 11.6 Å². The van der Waals surface area contributed by atoms with Crippen molar-refractivity contribution in [2.75, 3.05) is 13.2 Å². The zero-order chi connectivity index (χ0) is 21.7. The third-order valence-electron chi connectivity index (χ3n) is 4.14. The molecule has 0 atom stereocenters.